The maximum Gasteiger partial charge on any atom is 0.450 e. The minimum absolute atomic E-state index is 0.209. The molecule has 1 aliphatic heterocycles. The van der Waals surface area contributed by atoms with Gasteiger partial charge in [0.1, 0.15) is 11.6 Å². The molecule has 0 bridgehead atoms. The van der Waals surface area contributed by atoms with E-state index in [2.05, 4.69) is 0 Å². The van der Waals surface area contributed by atoms with E-state index in [0.717, 1.165) is 6.07 Å². The van der Waals surface area contributed by atoms with E-state index >= 15 is 0 Å². The zero-order chi connectivity index (χ0) is 14.3. The third kappa shape index (κ3) is 2.72. The van der Waals surface area contributed by atoms with Crippen LogP contribution in [0.25, 0.3) is 0 Å². The van der Waals surface area contributed by atoms with Crippen LogP contribution in [0.2, 0.25) is 0 Å². The summed E-state index contributed by atoms with van der Waals surface area (Å²) < 4.78 is 55.7. The lowest BCUT2D eigenvalue weighted by Gasteiger charge is -2.35. The second kappa shape index (κ2) is 4.51. The van der Waals surface area contributed by atoms with Crippen molar-refractivity contribution in [3.63, 3.8) is 0 Å². The van der Waals surface area contributed by atoms with Gasteiger partial charge < -0.3 is 4.74 Å². The van der Waals surface area contributed by atoms with Crippen LogP contribution < -0.4 is 4.74 Å². The van der Waals surface area contributed by atoms with Crippen molar-refractivity contribution < 1.29 is 27.1 Å². The van der Waals surface area contributed by atoms with Gasteiger partial charge in [-0.1, -0.05) is 6.92 Å². The van der Waals surface area contributed by atoms with Crippen molar-refractivity contribution in [2.45, 2.75) is 31.4 Å². The van der Waals surface area contributed by atoms with Crippen molar-refractivity contribution >= 4 is 5.78 Å². The van der Waals surface area contributed by atoms with E-state index < -0.39 is 29.6 Å². The van der Waals surface area contributed by atoms with Gasteiger partial charge in [-0.05, 0) is 24.6 Å². The molecular weight excluding hydrogens is 264 g/mol. The van der Waals surface area contributed by atoms with Crippen LogP contribution in [0.4, 0.5) is 17.6 Å². The van der Waals surface area contributed by atoms with Crippen LogP contribution in [0.3, 0.4) is 0 Å². The van der Waals surface area contributed by atoms with Crippen LogP contribution in [0, 0.1) is 5.82 Å². The summed E-state index contributed by atoms with van der Waals surface area (Å²) in [4.78, 5) is 11.2. The number of hydrogen-bond donors (Lipinski definition) is 0. The van der Waals surface area contributed by atoms with E-state index in [1.54, 1.807) is 0 Å². The summed E-state index contributed by atoms with van der Waals surface area (Å²) in [5.41, 5.74) is -0.737. The number of ketones is 1. The number of Topliss-reactive ketones (excluding diaryl/α,β-unsaturated/α-hetero) is 1. The van der Waals surface area contributed by atoms with E-state index in [1.807, 2.05) is 0 Å². The second-order valence-corrected chi connectivity index (χ2v) is 4.90. The molecule has 1 unspecified atom stereocenters. The molecule has 0 radical (unpaired) electrons. The molecule has 0 N–H and O–H groups in total. The molecule has 1 heterocycles. The van der Waals surface area contributed by atoms with Crippen LogP contribution in [0.15, 0.2) is 18.2 Å². The lowest BCUT2D eigenvalue weighted by Crippen LogP contribution is -2.36. The third-order valence-electron chi connectivity index (χ3n) is 3.37. The van der Waals surface area contributed by atoms with Gasteiger partial charge in [0.15, 0.2) is 0 Å². The lowest BCUT2D eigenvalue weighted by atomic mass is 9.74. The molecule has 1 aliphatic rings. The molecule has 0 spiro atoms. The highest BCUT2D eigenvalue weighted by molar-refractivity contribution is 5.85. The quantitative estimate of drug-likeness (QED) is 0.774. The Morgan fingerprint density at radius 3 is 2.74 bits per heavy atom. The summed E-state index contributed by atoms with van der Waals surface area (Å²) >= 11 is 0. The number of halogens is 4. The zero-order valence-corrected chi connectivity index (χ0v) is 10.2. The van der Waals surface area contributed by atoms with Crippen molar-refractivity contribution in [3.8, 4) is 5.75 Å². The molecule has 104 valence electrons. The maximum atomic E-state index is 13.2. The van der Waals surface area contributed by atoms with Gasteiger partial charge in [-0.2, -0.15) is 13.2 Å². The first-order valence-electron chi connectivity index (χ1n) is 5.75. The molecule has 0 saturated carbocycles. The Hall–Kier alpha value is -1.59. The molecule has 0 saturated heterocycles. The number of carbonyl (C=O) groups is 1. The summed E-state index contributed by atoms with van der Waals surface area (Å²) in [6.07, 6.45) is -5.32. The molecule has 0 amide bonds. The van der Waals surface area contributed by atoms with Crippen molar-refractivity contribution in [2.24, 2.45) is 0 Å². The standard InChI is InChI=1S/C13H12F4O2/c1-12(7-11(18)13(15,16)17)4-5-19-10-3-2-8(14)6-9(10)12/h2-3,6H,4-5,7H2,1H3. The zero-order valence-electron chi connectivity index (χ0n) is 10.2. The first kappa shape index (κ1) is 13.8. The molecule has 1 aromatic rings. The number of rotatable bonds is 2. The van der Waals surface area contributed by atoms with Gasteiger partial charge in [0.25, 0.3) is 0 Å². The van der Waals surface area contributed by atoms with E-state index in [4.69, 9.17) is 4.74 Å². The summed E-state index contributed by atoms with van der Waals surface area (Å²) in [6.45, 7) is 1.73. The predicted octanol–water partition coefficient (Wildman–Crippen LogP) is 3.39. The van der Waals surface area contributed by atoms with Crippen LogP contribution in [-0.2, 0) is 10.2 Å². The van der Waals surface area contributed by atoms with Crippen LogP contribution >= 0.6 is 0 Å². The fraction of sp³-hybridized carbons (Fsp3) is 0.462. The van der Waals surface area contributed by atoms with Crippen molar-refractivity contribution in [2.75, 3.05) is 6.61 Å². The van der Waals surface area contributed by atoms with E-state index in [1.165, 1.54) is 19.1 Å². The molecule has 0 aliphatic carbocycles. The van der Waals surface area contributed by atoms with Crippen LogP contribution in [-0.4, -0.2) is 18.6 Å². The Bertz CT molecular complexity index is 510. The monoisotopic (exact) mass is 276 g/mol. The number of hydrogen-bond acceptors (Lipinski definition) is 2. The largest absolute Gasteiger partial charge is 0.493 e. The van der Waals surface area contributed by atoms with Gasteiger partial charge in [-0.3, -0.25) is 4.79 Å². The van der Waals surface area contributed by atoms with Crippen LogP contribution in [0.1, 0.15) is 25.3 Å². The highest BCUT2D eigenvalue weighted by atomic mass is 19.4. The third-order valence-corrected chi connectivity index (χ3v) is 3.37. The minimum Gasteiger partial charge on any atom is -0.493 e. The fourth-order valence-electron chi connectivity index (χ4n) is 2.26. The normalized spacial score (nSPS) is 22.6. The molecule has 19 heavy (non-hydrogen) atoms. The highest BCUT2D eigenvalue weighted by Crippen LogP contribution is 2.42. The molecule has 2 rings (SSSR count). The topological polar surface area (TPSA) is 26.3 Å². The number of ether oxygens (including phenoxy) is 1. The number of fused-ring (bicyclic) bond motifs is 1. The molecular formula is C13H12F4O2. The smallest absolute Gasteiger partial charge is 0.450 e. The molecule has 1 atom stereocenters. The summed E-state index contributed by atoms with van der Waals surface area (Å²) in [5, 5.41) is 0. The van der Waals surface area contributed by atoms with Gasteiger partial charge in [-0.25, -0.2) is 4.39 Å². The SMILES string of the molecule is CC1(CC(=O)C(F)(F)F)CCOc2ccc(F)cc21. The van der Waals surface area contributed by atoms with Crippen molar-refractivity contribution in [3.05, 3.63) is 29.6 Å². The maximum absolute atomic E-state index is 13.2. The first-order chi connectivity index (χ1) is 8.72. The second-order valence-electron chi connectivity index (χ2n) is 4.90. The summed E-state index contributed by atoms with van der Waals surface area (Å²) in [7, 11) is 0. The number of benzene rings is 1. The summed E-state index contributed by atoms with van der Waals surface area (Å²) in [6, 6.07) is 3.69. The lowest BCUT2D eigenvalue weighted by molar-refractivity contribution is -0.172. The number of carbonyl (C=O) groups excluding carboxylic acids is 1. The first-order valence-corrected chi connectivity index (χ1v) is 5.75. The highest BCUT2D eigenvalue weighted by Gasteiger charge is 2.44. The Morgan fingerprint density at radius 1 is 1.42 bits per heavy atom. The average molecular weight is 276 g/mol. The van der Waals surface area contributed by atoms with Gasteiger partial charge >= 0.3 is 6.18 Å². The van der Waals surface area contributed by atoms with Crippen molar-refractivity contribution in [1.29, 1.82) is 0 Å². The summed E-state index contributed by atoms with van der Waals surface area (Å²) in [5.74, 6) is -2.02. The van der Waals surface area contributed by atoms with Gasteiger partial charge in [0, 0.05) is 17.4 Å². The van der Waals surface area contributed by atoms with Gasteiger partial charge in [0.05, 0.1) is 6.61 Å². The average Bonchev–Trinajstić information content (AvgIpc) is 2.29. The molecule has 2 nitrogen and oxygen atoms in total. The Morgan fingerprint density at radius 2 is 2.11 bits per heavy atom. The molecule has 6 heteroatoms. The van der Waals surface area contributed by atoms with Crippen molar-refractivity contribution in [1.82, 2.24) is 0 Å². The molecule has 0 fully saturated rings. The van der Waals surface area contributed by atoms with Gasteiger partial charge in [0.2, 0.25) is 5.78 Å². The Labute approximate surface area is 107 Å². The Balaban J connectivity index is 2.36. The van der Waals surface area contributed by atoms with E-state index in [-0.39, 0.29) is 13.0 Å². The number of alkyl halides is 3. The molecule has 0 aromatic heterocycles. The fourth-order valence-corrected chi connectivity index (χ4v) is 2.26. The minimum atomic E-state index is -4.87. The van der Waals surface area contributed by atoms with E-state index in [9.17, 15) is 22.4 Å². The van der Waals surface area contributed by atoms with Gasteiger partial charge in [-0.15, -0.1) is 0 Å². The van der Waals surface area contributed by atoms with Crippen LogP contribution in [0.5, 0.6) is 5.75 Å². The van der Waals surface area contributed by atoms with E-state index in [0.29, 0.717) is 11.3 Å². The predicted molar refractivity (Wildman–Crippen MR) is 59.5 cm³/mol. The Kier molecular flexibility index (Phi) is 3.28. The molecule has 1 aromatic carbocycles.